The number of rotatable bonds is 3. The topological polar surface area (TPSA) is 26.3 Å². The molecule has 0 amide bonds. The van der Waals surface area contributed by atoms with Crippen LogP contribution in [0.25, 0.3) is 0 Å². The van der Waals surface area contributed by atoms with Crippen LogP contribution >= 0.6 is 0 Å². The van der Waals surface area contributed by atoms with E-state index < -0.39 is 0 Å². The van der Waals surface area contributed by atoms with Gasteiger partial charge in [-0.2, -0.15) is 0 Å². The second kappa shape index (κ2) is 3.71. The highest BCUT2D eigenvalue weighted by Gasteiger charge is 2.17. The van der Waals surface area contributed by atoms with Crippen LogP contribution < -0.4 is 0 Å². The highest BCUT2D eigenvalue weighted by molar-refractivity contribution is 5.52. The Balaban J connectivity index is 2.17. The minimum atomic E-state index is 0.170. The molecule has 0 aromatic rings. The first-order valence-corrected chi connectivity index (χ1v) is 3.90. The minimum absolute atomic E-state index is 0.170. The number of ether oxygens (including phenoxy) is 1. The number of aldehydes is 1. The first kappa shape index (κ1) is 7.73. The van der Waals surface area contributed by atoms with Crippen molar-refractivity contribution in [3.05, 3.63) is 0 Å². The van der Waals surface area contributed by atoms with E-state index in [4.69, 9.17) is 4.74 Å². The molecule has 1 rings (SSSR count). The van der Waals surface area contributed by atoms with Crippen LogP contribution in [0.15, 0.2) is 0 Å². The summed E-state index contributed by atoms with van der Waals surface area (Å²) in [5.41, 5.74) is 0. The van der Waals surface area contributed by atoms with Crippen LogP contribution in [0.1, 0.15) is 26.2 Å². The lowest BCUT2D eigenvalue weighted by molar-refractivity contribution is -0.111. The molecule has 2 heteroatoms. The molecule has 2 atom stereocenters. The van der Waals surface area contributed by atoms with Crippen LogP contribution in [0.2, 0.25) is 0 Å². The van der Waals surface area contributed by atoms with E-state index in [1.807, 2.05) is 6.92 Å². The number of carbonyl (C=O) groups is 1. The first-order chi connectivity index (χ1) is 4.83. The maximum Gasteiger partial charge on any atom is 0.122 e. The van der Waals surface area contributed by atoms with Gasteiger partial charge in [0.2, 0.25) is 0 Å². The summed E-state index contributed by atoms with van der Waals surface area (Å²) in [7, 11) is 0. The van der Waals surface area contributed by atoms with Crippen molar-refractivity contribution < 1.29 is 9.53 Å². The third kappa shape index (κ3) is 2.10. The maximum atomic E-state index is 10.2. The summed E-state index contributed by atoms with van der Waals surface area (Å²) in [5, 5.41) is 0. The lowest BCUT2D eigenvalue weighted by Gasteiger charge is -2.09. The Labute approximate surface area is 61.6 Å². The zero-order chi connectivity index (χ0) is 7.40. The standard InChI is InChI=1S/C8H14O2/c1-7(6-9)5-8-3-2-4-10-8/h6-8H,2-5H2,1H3/t7-,8-/m0/s1. The van der Waals surface area contributed by atoms with Crippen LogP contribution in [0.5, 0.6) is 0 Å². The van der Waals surface area contributed by atoms with Gasteiger partial charge in [-0.3, -0.25) is 0 Å². The van der Waals surface area contributed by atoms with Crippen molar-refractivity contribution in [3.63, 3.8) is 0 Å². The number of hydrogen-bond acceptors (Lipinski definition) is 2. The number of hydrogen-bond donors (Lipinski definition) is 0. The third-order valence-electron chi connectivity index (χ3n) is 1.89. The molecule has 0 radical (unpaired) electrons. The molecular formula is C8H14O2. The monoisotopic (exact) mass is 142 g/mol. The van der Waals surface area contributed by atoms with Crippen molar-refractivity contribution in [1.82, 2.24) is 0 Å². The molecule has 1 fully saturated rings. The van der Waals surface area contributed by atoms with Crippen molar-refractivity contribution in [2.24, 2.45) is 5.92 Å². The Morgan fingerprint density at radius 1 is 1.80 bits per heavy atom. The van der Waals surface area contributed by atoms with E-state index in [9.17, 15) is 4.79 Å². The molecule has 0 aromatic carbocycles. The molecule has 1 aliphatic rings. The molecule has 0 aromatic heterocycles. The average Bonchev–Trinajstić information content (AvgIpc) is 2.40. The van der Waals surface area contributed by atoms with E-state index in [-0.39, 0.29) is 5.92 Å². The van der Waals surface area contributed by atoms with Gasteiger partial charge in [-0.25, -0.2) is 0 Å². The van der Waals surface area contributed by atoms with Gasteiger partial charge in [-0.15, -0.1) is 0 Å². The summed E-state index contributed by atoms with van der Waals surface area (Å²) < 4.78 is 5.37. The second-order valence-corrected chi connectivity index (χ2v) is 2.98. The second-order valence-electron chi connectivity index (χ2n) is 2.98. The van der Waals surface area contributed by atoms with Crippen LogP contribution in [0.4, 0.5) is 0 Å². The van der Waals surface area contributed by atoms with Crippen molar-refractivity contribution in [1.29, 1.82) is 0 Å². The highest BCUT2D eigenvalue weighted by Crippen LogP contribution is 2.18. The molecule has 0 spiro atoms. The Kier molecular flexibility index (Phi) is 2.87. The molecule has 0 bridgehead atoms. The fourth-order valence-electron chi connectivity index (χ4n) is 1.30. The van der Waals surface area contributed by atoms with Crippen molar-refractivity contribution in [2.45, 2.75) is 32.3 Å². The predicted octanol–water partition coefficient (Wildman–Crippen LogP) is 1.39. The largest absolute Gasteiger partial charge is 0.378 e. The van der Waals surface area contributed by atoms with Gasteiger partial charge in [-0.1, -0.05) is 6.92 Å². The Hall–Kier alpha value is -0.370. The predicted molar refractivity (Wildman–Crippen MR) is 38.8 cm³/mol. The average molecular weight is 142 g/mol. The number of carbonyl (C=O) groups excluding carboxylic acids is 1. The fraction of sp³-hybridized carbons (Fsp3) is 0.875. The Morgan fingerprint density at radius 2 is 2.60 bits per heavy atom. The summed E-state index contributed by atoms with van der Waals surface area (Å²) in [4.78, 5) is 10.2. The van der Waals surface area contributed by atoms with Gasteiger partial charge in [0, 0.05) is 12.5 Å². The van der Waals surface area contributed by atoms with Crippen molar-refractivity contribution in [3.8, 4) is 0 Å². The Bertz CT molecular complexity index is 106. The van der Waals surface area contributed by atoms with Crippen LogP contribution in [-0.4, -0.2) is 19.0 Å². The van der Waals surface area contributed by atoms with E-state index in [1.165, 1.54) is 0 Å². The fourth-order valence-corrected chi connectivity index (χ4v) is 1.30. The van der Waals surface area contributed by atoms with Gasteiger partial charge in [0.25, 0.3) is 0 Å². The van der Waals surface area contributed by atoms with Gasteiger partial charge >= 0.3 is 0 Å². The lowest BCUT2D eigenvalue weighted by Crippen LogP contribution is -2.10. The quantitative estimate of drug-likeness (QED) is 0.556. The molecule has 0 saturated carbocycles. The molecule has 0 N–H and O–H groups in total. The van der Waals surface area contributed by atoms with E-state index in [0.717, 1.165) is 32.2 Å². The van der Waals surface area contributed by atoms with E-state index in [0.29, 0.717) is 6.10 Å². The van der Waals surface area contributed by atoms with E-state index in [1.54, 1.807) is 0 Å². The smallest absolute Gasteiger partial charge is 0.122 e. The lowest BCUT2D eigenvalue weighted by atomic mass is 10.0. The molecule has 10 heavy (non-hydrogen) atoms. The first-order valence-electron chi connectivity index (χ1n) is 3.90. The van der Waals surface area contributed by atoms with Gasteiger partial charge < -0.3 is 9.53 Å². The molecule has 1 heterocycles. The van der Waals surface area contributed by atoms with E-state index in [2.05, 4.69) is 0 Å². The summed E-state index contributed by atoms with van der Waals surface area (Å²) in [6.45, 7) is 2.82. The van der Waals surface area contributed by atoms with Gasteiger partial charge in [0.05, 0.1) is 6.10 Å². The van der Waals surface area contributed by atoms with Crippen LogP contribution in [-0.2, 0) is 9.53 Å². The van der Waals surface area contributed by atoms with Crippen molar-refractivity contribution in [2.75, 3.05) is 6.61 Å². The Morgan fingerprint density at radius 3 is 3.10 bits per heavy atom. The molecule has 0 aliphatic carbocycles. The molecule has 1 saturated heterocycles. The van der Waals surface area contributed by atoms with E-state index >= 15 is 0 Å². The minimum Gasteiger partial charge on any atom is -0.378 e. The summed E-state index contributed by atoms with van der Waals surface area (Å²) >= 11 is 0. The molecule has 1 aliphatic heterocycles. The van der Waals surface area contributed by atoms with Gasteiger partial charge in [0.1, 0.15) is 6.29 Å². The summed E-state index contributed by atoms with van der Waals surface area (Å²) in [6.07, 6.45) is 4.57. The molecule has 0 unspecified atom stereocenters. The molecule has 2 nitrogen and oxygen atoms in total. The maximum absolute atomic E-state index is 10.2. The third-order valence-corrected chi connectivity index (χ3v) is 1.89. The van der Waals surface area contributed by atoms with Crippen molar-refractivity contribution >= 4 is 6.29 Å². The SMILES string of the molecule is C[C@H](C=O)C[C@@H]1CCCO1. The molecular weight excluding hydrogens is 128 g/mol. The van der Waals surface area contributed by atoms with Crippen LogP contribution in [0, 0.1) is 5.92 Å². The zero-order valence-corrected chi connectivity index (χ0v) is 6.38. The normalized spacial score (nSPS) is 28.3. The summed E-state index contributed by atoms with van der Waals surface area (Å²) in [5.74, 6) is 0.170. The molecule has 58 valence electrons. The van der Waals surface area contributed by atoms with Crippen LogP contribution in [0.3, 0.4) is 0 Å². The van der Waals surface area contributed by atoms with Gasteiger partial charge in [-0.05, 0) is 19.3 Å². The highest BCUT2D eigenvalue weighted by atomic mass is 16.5. The zero-order valence-electron chi connectivity index (χ0n) is 6.38. The van der Waals surface area contributed by atoms with Gasteiger partial charge in [0.15, 0.2) is 0 Å². The summed E-state index contributed by atoms with van der Waals surface area (Å²) in [6, 6.07) is 0.